The van der Waals surface area contributed by atoms with Crippen molar-refractivity contribution in [2.45, 2.75) is 32.8 Å². The highest BCUT2D eigenvalue weighted by molar-refractivity contribution is 4.92. The van der Waals surface area contributed by atoms with Crippen molar-refractivity contribution < 1.29 is 4.74 Å². The zero-order valence-electron chi connectivity index (χ0n) is 6.84. The summed E-state index contributed by atoms with van der Waals surface area (Å²) >= 11 is 0. The molecule has 0 spiro atoms. The van der Waals surface area contributed by atoms with Gasteiger partial charge in [-0.05, 0) is 18.8 Å². The number of hydrogen-bond donors (Lipinski definition) is 0. The van der Waals surface area contributed by atoms with Crippen LogP contribution in [0, 0.1) is 5.92 Å². The van der Waals surface area contributed by atoms with Gasteiger partial charge in [-0.2, -0.15) is 0 Å². The van der Waals surface area contributed by atoms with Crippen molar-refractivity contribution in [2.75, 3.05) is 6.61 Å². The predicted octanol–water partition coefficient (Wildman–Crippen LogP) is 2.38. The lowest BCUT2D eigenvalue weighted by atomic mass is 10.1. The molecule has 1 heteroatoms. The van der Waals surface area contributed by atoms with E-state index in [9.17, 15) is 0 Å². The molecule has 0 amide bonds. The fourth-order valence-electron chi connectivity index (χ4n) is 1.10. The molecule has 1 atom stereocenters. The van der Waals surface area contributed by atoms with Gasteiger partial charge in [0.2, 0.25) is 0 Å². The normalized spacial score (nSPS) is 26.9. The van der Waals surface area contributed by atoms with Gasteiger partial charge >= 0.3 is 0 Å². The van der Waals surface area contributed by atoms with Crippen molar-refractivity contribution >= 4 is 0 Å². The lowest BCUT2D eigenvalue weighted by Gasteiger charge is -2.01. The van der Waals surface area contributed by atoms with Crippen LogP contribution in [0.2, 0.25) is 0 Å². The Kier molecular flexibility index (Phi) is 2.94. The second kappa shape index (κ2) is 3.77. The lowest BCUT2D eigenvalue weighted by molar-refractivity contribution is 0.145. The van der Waals surface area contributed by atoms with E-state index in [0.717, 1.165) is 6.61 Å². The van der Waals surface area contributed by atoms with E-state index in [1.54, 1.807) is 0 Å². The Hall–Kier alpha value is -0.300. The molecule has 1 nitrogen and oxygen atoms in total. The molecule has 1 rings (SSSR count). The topological polar surface area (TPSA) is 9.23 Å². The van der Waals surface area contributed by atoms with E-state index < -0.39 is 0 Å². The van der Waals surface area contributed by atoms with Gasteiger partial charge in [-0.1, -0.05) is 26.0 Å². The van der Waals surface area contributed by atoms with Crippen LogP contribution in [0.4, 0.5) is 0 Å². The lowest BCUT2D eigenvalue weighted by Crippen LogP contribution is -1.99. The smallest absolute Gasteiger partial charge is 0.0756 e. The van der Waals surface area contributed by atoms with Gasteiger partial charge in [0.25, 0.3) is 0 Å². The first kappa shape index (κ1) is 7.80. The fraction of sp³-hybridized carbons (Fsp3) is 0.778. The first-order chi connectivity index (χ1) is 4.79. The summed E-state index contributed by atoms with van der Waals surface area (Å²) in [6, 6.07) is 0. The van der Waals surface area contributed by atoms with E-state index in [2.05, 4.69) is 26.0 Å². The molecule has 1 heterocycles. The fourth-order valence-corrected chi connectivity index (χ4v) is 1.10. The minimum Gasteiger partial charge on any atom is -0.374 e. The molecule has 0 saturated carbocycles. The molecule has 58 valence electrons. The number of rotatable bonds is 2. The maximum absolute atomic E-state index is 5.42. The van der Waals surface area contributed by atoms with Gasteiger partial charge in [0.05, 0.1) is 6.10 Å². The van der Waals surface area contributed by atoms with Crippen LogP contribution in [0.15, 0.2) is 12.2 Å². The molecule has 1 saturated heterocycles. The van der Waals surface area contributed by atoms with Crippen LogP contribution in [-0.2, 0) is 4.74 Å². The Morgan fingerprint density at radius 2 is 2.30 bits per heavy atom. The zero-order chi connectivity index (χ0) is 7.40. The molecule has 1 aliphatic rings. The molecule has 0 aromatic heterocycles. The van der Waals surface area contributed by atoms with Gasteiger partial charge in [-0.3, -0.25) is 0 Å². The summed E-state index contributed by atoms with van der Waals surface area (Å²) in [6.07, 6.45) is 7.27. The Morgan fingerprint density at radius 1 is 1.50 bits per heavy atom. The molecule has 1 aliphatic heterocycles. The molecular formula is C9H16O. The average Bonchev–Trinajstić information content (AvgIpc) is 2.34. The highest BCUT2D eigenvalue weighted by Crippen LogP contribution is 2.13. The van der Waals surface area contributed by atoms with E-state index in [0.29, 0.717) is 12.0 Å². The molecular weight excluding hydrogens is 124 g/mol. The Bertz CT molecular complexity index is 110. The molecule has 1 unspecified atom stereocenters. The quantitative estimate of drug-likeness (QED) is 0.535. The van der Waals surface area contributed by atoms with Gasteiger partial charge in [0.15, 0.2) is 0 Å². The van der Waals surface area contributed by atoms with Crippen LogP contribution >= 0.6 is 0 Å². The van der Waals surface area contributed by atoms with E-state index in [1.165, 1.54) is 12.8 Å². The van der Waals surface area contributed by atoms with E-state index in [1.807, 2.05) is 0 Å². The molecule has 10 heavy (non-hydrogen) atoms. The predicted molar refractivity (Wildman–Crippen MR) is 43.0 cm³/mol. The SMILES string of the molecule is CC(C)/C=C/C1CCCO1. The van der Waals surface area contributed by atoms with Crippen molar-refractivity contribution in [2.24, 2.45) is 5.92 Å². The van der Waals surface area contributed by atoms with Crippen LogP contribution in [0.1, 0.15) is 26.7 Å². The van der Waals surface area contributed by atoms with Crippen LogP contribution in [0.25, 0.3) is 0 Å². The minimum absolute atomic E-state index is 0.419. The monoisotopic (exact) mass is 140 g/mol. The van der Waals surface area contributed by atoms with Crippen molar-refractivity contribution in [3.05, 3.63) is 12.2 Å². The third-order valence-corrected chi connectivity index (χ3v) is 1.68. The largest absolute Gasteiger partial charge is 0.374 e. The van der Waals surface area contributed by atoms with Crippen LogP contribution in [-0.4, -0.2) is 12.7 Å². The number of hydrogen-bond acceptors (Lipinski definition) is 1. The summed E-state index contributed by atoms with van der Waals surface area (Å²) in [5.41, 5.74) is 0. The van der Waals surface area contributed by atoms with Crippen molar-refractivity contribution in [1.29, 1.82) is 0 Å². The summed E-state index contributed by atoms with van der Waals surface area (Å²) in [7, 11) is 0. The van der Waals surface area contributed by atoms with Crippen molar-refractivity contribution in [3.63, 3.8) is 0 Å². The van der Waals surface area contributed by atoms with Crippen LogP contribution in [0.5, 0.6) is 0 Å². The van der Waals surface area contributed by atoms with Crippen LogP contribution in [0.3, 0.4) is 0 Å². The molecule has 0 radical (unpaired) electrons. The molecule has 0 bridgehead atoms. The van der Waals surface area contributed by atoms with Gasteiger partial charge in [-0.15, -0.1) is 0 Å². The van der Waals surface area contributed by atoms with Crippen molar-refractivity contribution in [1.82, 2.24) is 0 Å². The maximum atomic E-state index is 5.42. The van der Waals surface area contributed by atoms with Crippen LogP contribution < -0.4 is 0 Å². The number of allylic oxidation sites excluding steroid dienone is 1. The summed E-state index contributed by atoms with van der Waals surface area (Å²) < 4.78 is 5.42. The Balaban J connectivity index is 2.23. The van der Waals surface area contributed by atoms with Gasteiger partial charge < -0.3 is 4.74 Å². The average molecular weight is 140 g/mol. The Labute approximate surface area is 63.1 Å². The molecule has 0 N–H and O–H groups in total. The zero-order valence-corrected chi connectivity index (χ0v) is 6.84. The van der Waals surface area contributed by atoms with E-state index in [-0.39, 0.29) is 0 Å². The Morgan fingerprint density at radius 3 is 2.80 bits per heavy atom. The molecule has 0 aromatic carbocycles. The van der Waals surface area contributed by atoms with Crippen molar-refractivity contribution in [3.8, 4) is 0 Å². The maximum Gasteiger partial charge on any atom is 0.0756 e. The first-order valence-corrected chi connectivity index (χ1v) is 4.09. The molecule has 1 fully saturated rings. The second-order valence-corrected chi connectivity index (χ2v) is 3.18. The summed E-state index contributed by atoms with van der Waals surface area (Å²) in [4.78, 5) is 0. The highest BCUT2D eigenvalue weighted by atomic mass is 16.5. The van der Waals surface area contributed by atoms with Gasteiger partial charge in [0.1, 0.15) is 0 Å². The minimum atomic E-state index is 0.419. The number of ether oxygens (including phenoxy) is 1. The summed E-state index contributed by atoms with van der Waals surface area (Å²) in [5, 5.41) is 0. The van der Waals surface area contributed by atoms with E-state index >= 15 is 0 Å². The summed E-state index contributed by atoms with van der Waals surface area (Å²) in [5.74, 6) is 0.657. The molecule has 0 aliphatic carbocycles. The summed E-state index contributed by atoms with van der Waals surface area (Å²) in [6.45, 7) is 5.32. The van der Waals surface area contributed by atoms with Gasteiger partial charge in [-0.25, -0.2) is 0 Å². The third-order valence-electron chi connectivity index (χ3n) is 1.68. The standard InChI is InChI=1S/C9H16O/c1-8(2)5-6-9-4-3-7-10-9/h5-6,8-9H,3-4,7H2,1-2H3/b6-5+. The first-order valence-electron chi connectivity index (χ1n) is 4.09. The van der Waals surface area contributed by atoms with Gasteiger partial charge in [0, 0.05) is 6.61 Å². The third kappa shape index (κ3) is 2.53. The molecule has 0 aromatic rings. The second-order valence-electron chi connectivity index (χ2n) is 3.18. The van der Waals surface area contributed by atoms with E-state index in [4.69, 9.17) is 4.74 Å². The highest BCUT2D eigenvalue weighted by Gasteiger charge is 2.10.